The van der Waals surface area contributed by atoms with Crippen LogP contribution in [0.4, 0.5) is 0 Å². The first-order valence-electron chi connectivity index (χ1n) is 6.33. The second-order valence-electron chi connectivity index (χ2n) is 6.72. The minimum absolute atomic E-state index is 0.364. The molecule has 0 amide bonds. The van der Waals surface area contributed by atoms with E-state index in [9.17, 15) is 4.79 Å². The van der Waals surface area contributed by atoms with Crippen molar-refractivity contribution < 1.29 is 4.79 Å². The third-order valence-electron chi connectivity index (χ3n) is 3.87. The minimum Gasteiger partial charge on any atom is -0.300 e. The van der Waals surface area contributed by atoms with Crippen LogP contribution >= 0.6 is 0 Å². The molecule has 0 bridgehead atoms. The first-order valence-corrected chi connectivity index (χ1v) is 6.33. The van der Waals surface area contributed by atoms with Gasteiger partial charge in [-0.05, 0) is 36.5 Å². The minimum atomic E-state index is 0.364. The number of ketones is 1. The number of rotatable bonds is 0. The van der Waals surface area contributed by atoms with Gasteiger partial charge in [-0.2, -0.15) is 0 Å². The van der Waals surface area contributed by atoms with Crippen molar-refractivity contribution in [2.45, 2.75) is 72.6 Å². The van der Waals surface area contributed by atoms with Crippen LogP contribution in [0.15, 0.2) is 0 Å². The molecular weight excluding hydrogens is 184 g/mol. The third kappa shape index (κ3) is 4.81. The van der Waals surface area contributed by atoms with Gasteiger partial charge in [-0.25, -0.2) is 0 Å². The van der Waals surface area contributed by atoms with Gasteiger partial charge in [-0.15, -0.1) is 0 Å². The molecule has 0 aromatic carbocycles. The first kappa shape index (κ1) is 12.7. The van der Waals surface area contributed by atoms with Crippen molar-refractivity contribution in [1.29, 1.82) is 0 Å². The quantitative estimate of drug-likeness (QED) is 0.581. The van der Waals surface area contributed by atoms with E-state index in [2.05, 4.69) is 27.7 Å². The Morgan fingerprint density at radius 2 is 1.20 bits per heavy atom. The molecule has 0 aliphatic heterocycles. The largest absolute Gasteiger partial charge is 0.300 e. The summed E-state index contributed by atoms with van der Waals surface area (Å²) in [6.45, 7) is 9.20. The van der Waals surface area contributed by atoms with E-state index in [1.807, 2.05) is 0 Å². The molecule has 1 heteroatoms. The van der Waals surface area contributed by atoms with Crippen molar-refractivity contribution in [2.24, 2.45) is 10.8 Å². The van der Waals surface area contributed by atoms with Gasteiger partial charge in [0.15, 0.2) is 0 Å². The van der Waals surface area contributed by atoms with Gasteiger partial charge in [0, 0.05) is 12.8 Å². The van der Waals surface area contributed by atoms with Crippen LogP contribution in [-0.2, 0) is 4.79 Å². The zero-order valence-electron chi connectivity index (χ0n) is 10.9. The normalized spacial score (nSPS) is 27.3. The maximum Gasteiger partial charge on any atom is 0.132 e. The highest BCUT2D eigenvalue weighted by atomic mass is 16.1. The predicted octanol–water partition coefficient (Wildman–Crippen LogP) is 4.35. The van der Waals surface area contributed by atoms with Crippen LogP contribution < -0.4 is 0 Å². The lowest BCUT2D eigenvalue weighted by atomic mass is 9.75. The number of Topliss-reactive ketones (excluding diaryl/α,β-unsaturated/α-hetero) is 1. The summed E-state index contributed by atoms with van der Waals surface area (Å²) in [6, 6.07) is 0. The average Bonchev–Trinajstić information content (AvgIpc) is 2.10. The van der Waals surface area contributed by atoms with Crippen molar-refractivity contribution in [2.75, 3.05) is 0 Å². The monoisotopic (exact) mass is 210 g/mol. The van der Waals surface area contributed by atoms with Crippen molar-refractivity contribution in [3.05, 3.63) is 0 Å². The highest BCUT2D eigenvalue weighted by Crippen LogP contribution is 2.36. The third-order valence-corrected chi connectivity index (χ3v) is 3.87. The highest BCUT2D eigenvalue weighted by molar-refractivity contribution is 5.78. The SMILES string of the molecule is CC1(C)CCCC(C)(C)CCC(=O)CC1. The van der Waals surface area contributed by atoms with Crippen LogP contribution in [0.25, 0.3) is 0 Å². The molecule has 1 fully saturated rings. The van der Waals surface area contributed by atoms with Crippen LogP contribution in [0.3, 0.4) is 0 Å². The summed E-state index contributed by atoms with van der Waals surface area (Å²) in [7, 11) is 0. The number of hydrogen-bond donors (Lipinski definition) is 0. The van der Waals surface area contributed by atoms with Gasteiger partial charge in [0.2, 0.25) is 0 Å². The fourth-order valence-corrected chi connectivity index (χ4v) is 2.38. The van der Waals surface area contributed by atoms with Gasteiger partial charge in [0.05, 0.1) is 0 Å². The Bertz CT molecular complexity index is 203. The molecule has 0 unspecified atom stereocenters. The van der Waals surface area contributed by atoms with Gasteiger partial charge in [0.25, 0.3) is 0 Å². The maximum atomic E-state index is 11.7. The zero-order valence-corrected chi connectivity index (χ0v) is 10.9. The van der Waals surface area contributed by atoms with E-state index in [0.717, 1.165) is 25.7 Å². The van der Waals surface area contributed by atoms with Crippen LogP contribution in [0.2, 0.25) is 0 Å². The first-order chi connectivity index (χ1) is 6.81. The highest BCUT2D eigenvalue weighted by Gasteiger charge is 2.25. The Hall–Kier alpha value is -0.330. The molecule has 0 aromatic heterocycles. The Kier molecular flexibility index (Phi) is 3.97. The smallest absolute Gasteiger partial charge is 0.132 e. The number of hydrogen-bond acceptors (Lipinski definition) is 1. The molecule has 1 nitrogen and oxygen atoms in total. The van der Waals surface area contributed by atoms with Gasteiger partial charge >= 0.3 is 0 Å². The summed E-state index contributed by atoms with van der Waals surface area (Å²) < 4.78 is 0. The molecule has 0 heterocycles. The van der Waals surface area contributed by atoms with E-state index in [4.69, 9.17) is 0 Å². The van der Waals surface area contributed by atoms with Crippen molar-refractivity contribution in [3.63, 3.8) is 0 Å². The van der Waals surface area contributed by atoms with E-state index >= 15 is 0 Å². The van der Waals surface area contributed by atoms with E-state index in [0.29, 0.717) is 16.6 Å². The van der Waals surface area contributed by atoms with Crippen molar-refractivity contribution >= 4 is 5.78 Å². The second-order valence-corrected chi connectivity index (χ2v) is 6.72. The van der Waals surface area contributed by atoms with E-state index in [1.165, 1.54) is 19.3 Å². The Morgan fingerprint density at radius 3 is 1.60 bits per heavy atom. The maximum absolute atomic E-state index is 11.7. The molecule has 0 radical (unpaired) electrons. The van der Waals surface area contributed by atoms with Gasteiger partial charge in [-0.1, -0.05) is 34.1 Å². The molecule has 0 saturated heterocycles. The van der Waals surface area contributed by atoms with E-state index in [1.54, 1.807) is 0 Å². The van der Waals surface area contributed by atoms with Gasteiger partial charge in [-0.3, -0.25) is 4.79 Å². The van der Waals surface area contributed by atoms with E-state index < -0.39 is 0 Å². The average molecular weight is 210 g/mol. The summed E-state index contributed by atoms with van der Waals surface area (Å²) in [4.78, 5) is 11.7. The summed E-state index contributed by atoms with van der Waals surface area (Å²) in [5, 5.41) is 0. The fraction of sp³-hybridized carbons (Fsp3) is 0.929. The molecule has 0 atom stereocenters. The molecule has 1 aliphatic carbocycles. The molecule has 1 rings (SSSR count). The topological polar surface area (TPSA) is 17.1 Å². The standard InChI is InChI=1S/C14H26O/c1-13(2)8-5-9-14(3,4)11-7-12(15)6-10-13/h5-11H2,1-4H3. The predicted molar refractivity (Wildman–Crippen MR) is 64.9 cm³/mol. The molecule has 0 spiro atoms. The fourth-order valence-electron chi connectivity index (χ4n) is 2.38. The second kappa shape index (κ2) is 4.67. The lowest BCUT2D eigenvalue weighted by Gasteiger charge is -2.30. The molecule has 15 heavy (non-hydrogen) atoms. The Balaban J connectivity index is 2.60. The number of carbonyl (C=O) groups is 1. The molecule has 1 aliphatic rings. The van der Waals surface area contributed by atoms with E-state index in [-0.39, 0.29) is 0 Å². The van der Waals surface area contributed by atoms with Crippen LogP contribution in [-0.4, -0.2) is 5.78 Å². The molecule has 0 aromatic rings. The zero-order chi connectivity index (χ0) is 11.5. The Morgan fingerprint density at radius 1 is 0.800 bits per heavy atom. The van der Waals surface area contributed by atoms with Crippen molar-refractivity contribution in [1.82, 2.24) is 0 Å². The van der Waals surface area contributed by atoms with Crippen LogP contribution in [0.1, 0.15) is 72.6 Å². The molecule has 88 valence electrons. The summed E-state index contributed by atoms with van der Waals surface area (Å²) in [5.41, 5.74) is 0.728. The summed E-state index contributed by atoms with van der Waals surface area (Å²) in [6.07, 6.45) is 7.59. The molecule has 1 saturated carbocycles. The van der Waals surface area contributed by atoms with Crippen LogP contribution in [0.5, 0.6) is 0 Å². The Labute approximate surface area is 94.6 Å². The van der Waals surface area contributed by atoms with Crippen LogP contribution in [0, 0.1) is 10.8 Å². The van der Waals surface area contributed by atoms with Gasteiger partial charge < -0.3 is 0 Å². The lowest BCUT2D eigenvalue weighted by Crippen LogP contribution is -2.20. The molecule has 0 N–H and O–H groups in total. The van der Waals surface area contributed by atoms with Crippen molar-refractivity contribution in [3.8, 4) is 0 Å². The lowest BCUT2D eigenvalue weighted by molar-refractivity contribution is -0.120. The summed E-state index contributed by atoms with van der Waals surface area (Å²) >= 11 is 0. The summed E-state index contributed by atoms with van der Waals surface area (Å²) in [5.74, 6) is 0.470. The van der Waals surface area contributed by atoms with Gasteiger partial charge in [0.1, 0.15) is 5.78 Å². The number of carbonyl (C=O) groups excluding carboxylic acids is 1. The molecular formula is C14H26O.